The van der Waals surface area contributed by atoms with E-state index in [9.17, 15) is 0 Å². The number of rotatable bonds is 3. The molecule has 0 amide bonds. The van der Waals surface area contributed by atoms with Gasteiger partial charge in [-0.05, 0) is 27.3 Å². The van der Waals surface area contributed by atoms with Crippen LogP contribution in [0.2, 0.25) is 0 Å². The lowest BCUT2D eigenvalue weighted by Crippen LogP contribution is -2.31. The van der Waals surface area contributed by atoms with Crippen molar-refractivity contribution in [1.29, 1.82) is 0 Å². The van der Waals surface area contributed by atoms with Gasteiger partial charge >= 0.3 is 0 Å². The standard InChI is InChI=1S/C13H20N4/c1-10-5-4-6-17(9-10)13-15-8-12(7-14-3)11(2)16-13/h5,8,14H,4,6-7,9H2,1-3H3. The van der Waals surface area contributed by atoms with Crippen molar-refractivity contribution in [1.82, 2.24) is 15.3 Å². The zero-order valence-electron chi connectivity index (χ0n) is 10.8. The van der Waals surface area contributed by atoms with E-state index in [4.69, 9.17) is 0 Å². The Balaban J connectivity index is 2.17. The maximum absolute atomic E-state index is 4.60. The predicted octanol–water partition coefficient (Wildman–Crippen LogP) is 1.66. The molecule has 0 aliphatic carbocycles. The fraction of sp³-hybridized carbons (Fsp3) is 0.538. The van der Waals surface area contributed by atoms with E-state index in [2.05, 4.69) is 33.2 Å². The molecule has 1 aliphatic rings. The molecule has 0 unspecified atom stereocenters. The third-order valence-corrected chi connectivity index (χ3v) is 3.05. The van der Waals surface area contributed by atoms with Crippen LogP contribution in [0.1, 0.15) is 24.6 Å². The van der Waals surface area contributed by atoms with Gasteiger partial charge in [0.05, 0.1) is 0 Å². The van der Waals surface area contributed by atoms with E-state index in [1.54, 1.807) is 0 Å². The SMILES string of the molecule is CNCc1cnc(N2CCC=C(C)C2)nc1C. The van der Waals surface area contributed by atoms with Gasteiger partial charge in [0, 0.05) is 37.1 Å². The van der Waals surface area contributed by atoms with Crippen LogP contribution in [-0.2, 0) is 6.54 Å². The van der Waals surface area contributed by atoms with Crippen LogP contribution >= 0.6 is 0 Å². The van der Waals surface area contributed by atoms with Crippen LogP contribution in [0, 0.1) is 6.92 Å². The molecule has 4 nitrogen and oxygen atoms in total. The molecule has 17 heavy (non-hydrogen) atoms. The van der Waals surface area contributed by atoms with Crippen molar-refractivity contribution in [2.45, 2.75) is 26.8 Å². The van der Waals surface area contributed by atoms with E-state index in [1.165, 1.54) is 11.1 Å². The van der Waals surface area contributed by atoms with Gasteiger partial charge in [-0.25, -0.2) is 9.97 Å². The van der Waals surface area contributed by atoms with Gasteiger partial charge in [0.1, 0.15) is 0 Å². The zero-order valence-corrected chi connectivity index (χ0v) is 10.8. The Morgan fingerprint density at radius 2 is 2.24 bits per heavy atom. The predicted molar refractivity (Wildman–Crippen MR) is 70.1 cm³/mol. The summed E-state index contributed by atoms with van der Waals surface area (Å²) in [5.41, 5.74) is 3.63. The van der Waals surface area contributed by atoms with E-state index in [-0.39, 0.29) is 0 Å². The third-order valence-electron chi connectivity index (χ3n) is 3.05. The van der Waals surface area contributed by atoms with Crippen molar-refractivity contribution in [3.63, 3.8) is 0 Å². The molecule has 1 aromatic heterocycles. The largest absolute Gasteiger partial charge is 0.337 e. The molecule has 0 bridgehead atoms. The Labute approximate surface area is 103 Å². The fourth-order valence-corrected chi connectivity index (χ4v) is 2.08. The van der Waals surface area contributed by atoms with Gasteiger partial charge in [0.25, 0.3) is 0 Å². The first-order valence-corrected chi connectivity index (χ1v) is 6.08. The van der Waals surface area contributed by atoms with Gasteiger partial charge in [-0.2, -0.15) is 0 Å². The summed E-state index contributed by atoms with van der Waals surface area (Å²) < 4.78 is 0. The second-order valence-electron chi connectivity index (χ2n) is 4.57. The van der Waals surface area contributed by atoms with E-state index in [1.807, 2.05) is 20.2 Å². The highest BCUT2D eigenvalue weighted by atomic mass is 15.2. The molecule has 0 saturated carbocycles. The number of hydrogen-bond acceptors (Lipinski definition) is 4. The van der Waals surface area contributed by atoms with Crippen LogP contribution in [0.5, 0.6) is 0 Å². The second kappa shape index (κ2) is 5.27. The number of nitrogens with one attached hydrogen (secondary N) is 1. The highest BCUT2D eigenvalue weighted by Gasteiger charge is 2.14. The number of nitrogens with zero attached hydrogens (tertiary/aromatic N) is 3. The molecule has 1 aromatic rings. The lowest BCUT2D eigenvalue weighted by atomic mass is 10.1. The molecule has 1 aliphatic heterocycles. The van der Waals surface area contributed by atoms with Gasteiger partial charge in [-0.3, -0.25) is 0 Å². The maximum Gasteiger partial charge on any atom is 0.225 e. The van der Waals surface area contributed by atoms with E-state index >= 15 is 0 Å². The normalized spacial score (nSPS) is 15.9. The van der Waals surface area contributed by atoms with Crippen LogP contribution in [0.25, 0.3) is 0 Å². The average molecular weight is 232 g/mol. The smallest absolute Gasteiger partial charge is 0.225 e. The number of hydrogen-bond donors (Lipinski definition) is 1. The van der Waals surface area contributed by atoms with Crippen molar-refractivity contribution in [2.75, 3.05) is 25.0 Å². The van der Waals surface area contributed by atoms with Crippen LogP contribution < -0.4 is 10.2 Å². The molecule has 0 saturated heterocycles. The summed E-state index contributed by atoms with van der Waals surface area (Å²) in [6.45, 7) is 7.00. The third kappa shape index (κ3) is 2.82. The summed E-state index contributed by atoms with van der Waals surface area (Å²) in [6.07, 6.45) is 5.31. The molecule has 2 rings (SSSR count). The summed E-state index contributed by atoms with van der Waals surface area (Å²) in [7, 11) is 1.94. The molecule has 0 fully saturated rings. The summed E-state index contributed by atoms with van der Waals surface area (Å²) in [5.74, 6) is 0.856. The lowest BCUT2D eigenvalue weighted by molar-refractivity contribution is 0.746. The monoisotopic (exact) mass is 232 g/mol. The highest BCUT2D eigenvalue weighted by Crippen LogP contribution is 2.16. The average Bonchev–Trinajstić information content (AvgIpc) is 2.32. The first-order chi connectivity index (χ1) is 8.20. The molecule has 92 valence electrons. The van der Waals surface area contributed by atoms with Gasteiger partial charge in [0.2, 0.25) is 5.95 Å². The van der Waals surface area contributed by atoms with Crippen LogP contribution in [0.4, 0.5) is 5.95 Å². The molecule has 2 heterocycles. The summed E-state index contributed by atoms with van der Waals surface area (Å²) in [4.78, 5) is 11.3. The second-order valence-corrected chi connectivity index (χ2v) is 4.57. The van der Waals surface area contributed by atoms with Gasteiger partial charge < -0.3 is 10.2 Å². The Morgan fingerprint density at radius 1 is 1.41 bits per heavy atom. The minimum Gasteiger partial charge on any atom is -0.337 e. The number of aromatic nitrogens is 2. The minimum absolute atomic E-state index is 0.824. The first-order valence-electron chi connectivity index (χ1n) is 6.08. The van der Waals surface area contributed by atoms with Gasteiger partial charge in [0.15, 0.2) is 0 Å². The summed E-state index contributed by atoms with van der Waals surface area (Å²) >= 11 is 0. The lowest BCUT2D eigenvalue weighted by Gasteiger charge is -2.26. The first kappa shape index (κ1) is 12.0. The van der Waals surface area contributed by atoms with Crippen molar-refractivity contribution >= 4 is 5.95 Å². The van der Waals surface area contributed by atoms with Crippen molar-refractivity contribution in [3.05, 3.63) is 29.1 Å². The van der Waals surface area contributed by atoms with E-state index < -0.39 is 0 Å². The fourth-order valence-electron chi connectivity index (χ4n) is 2.08. The minimum atomic E-state index is 0.824. The van der Waals surface area contributed by atoms with Crippen molar-refractivity contribution < 1.29 is 0 Å². The Kier molecular flexibility index (Phi) is 3.74. The van der Waals surface area contributed by atoms with E-state index in [0.29, 0.717) is 0 Å². The van der Waals surface area contributed by atoms with Crippen LogP contribution in [-0.4, -0.2) is 30.1 Å². The Morgan fingerprint density at radius 3 is 2.88 bits per heavy atom. The highest BCUT2D eigenvalue weighted by molar-refractivity contribution is 5.36. The van der Waals surface area contributed by atoms with Crippen LogP contribution in [0.3, 0.4) is 0 Å². The zero-order chi connectivity index (χ0) is 12.3. The maximum atomic E-state index is 4.60. The molecule has 4 heteroatoms. The van der Waals surface area contributed by atoms with Gasteiger partial charge in [-0.1, -0.05) is 11.6 Å². The molecule has 1 N–H and O–H groups in total. The van der Waals surface area contributed by atoms with Crippen molar-refractivity contribution in [2.24, 2.45) is 0 Å². The summed E-state index contributed by atoms with van der Waals surface area (Å²) in [6, 6.07) is 0. The summed E-state index contributed by atoms with van der Waals surface area (Å²) in [5, 5.41) is 3.13. The number of anilines is 1. The Bertz CT molecular complexity index is 425. The van der Waals surface area contributed by atoms with Gasteiger partial charge in [-0.15, -0.1) is 0 Å². The molecule has 0 atom stereocenters. The topological polar surface area (TPSA) is 41.1 Å². The molecular formula is C13H20N4. The molecule has 0 spiro atoms. The molecule has 0 aromatic carbocycles. The Hall–Kier alpha value is -1.42. The number of aryl methyl sites for hydroxylation is 1. The quantitative estimate of drug-likeness (QED) is 0.805. The molecule has 0 radical (unpaired) electrons. The van der Waals surface area contributed by atoms with E-state index in [0.717, 1.165) is 37.7 Å². The van der Waals surface area contributed by atoms with Crippen LogP contribution in [0.15, 0.2) is 17.8 Å². The molecular weight excluding hydrogens is 212 g/mol. The van der Waals surface area contributed by atoms with Crippen molar-refractivity contribution in [3.8, 4) is 0 Å².